The molecule has 1 aliphatic heterocycles. The van der Waals surface area contributed by atoms with Crippen molar-refractivity contribution in [1.82, 2.24) is 15.5 Å². The number of unbranched alkanes of at least 4 members (excludes halogenated alkanes) is 1. The maximum atomic E-state index is 11.7. The van der Waals surface area contributed by atoms with E-state index in [-0.39, 0.29) is 18.6 Å². The first-order chi connectivity index (χ1) is 11.5. The van der Waals surface area contributed by atoms with E-state index in [1.54, 1.807) is 19.0 Å². The highest BCUT2D eigenvalue weighted by Gasteiger charge is 2.15. The van der Waals surface area contributed by atoms with Gasteiger partial charge < -0.3 is 25.0 Å². The summed E-state index contributed by atoms with van der Waals surface area (Å²) in [6.45, 7) is 8.27. The van der Waals surface area contributed by atoms with Crippen LogP contribution in [0.1, 0.15) is 33.1 Å². The Morgan fingerprint density at radius 1 is 1.33 bits per heavy atom. The number of amides is 1. The molecule has 1 fully saturated rings. The number of carbonyl (C=O) groups excluding carboxylic acids is 1. The maximum absolute atomic E-state index is 11.7. The third kappa shape index (κ3) is 9.72. The Balaban J connectivity index is 2.32. The summed E-state index contributed by atoms with van der Waals surface area (Å²) in [5, 5.41) is 6.62. The highest BCUT2D eigenvalue weighted by atomic mass is 16.5. The van der Waals surface area contributed by atoms with Crippen LogP contribution in [0.3, 0.4) is 0 Å². The molecule has 0 radical (unpaired) electrons. The van der Waals surface area contributed by atoms with Crippen molar-refractivity contribution >= 4 is 11.9 Å². The van der Waals surface area contributed by atoms with Crippen molar-refractivity contribution in [3.8, 4) is 0 Å². The summed E-state index contributed by atoms with van der Waals surface area (Å²) in [5.41, 5.74) is 0. The summed E-state index contributed by atoms with van der Waals surface area (Å²) in [6.07, 6.45) is 3.36. The predicted octanol–water partition coefficient (Wildman–Crippen LogP) is 0.852. The Morgan fingerprint density at radius 3 is 2.75 bits per heavy atom. The van der Waals surface area contributed by atoms with E-state index in [1.165, 1.54) is 0 Å². The Labute approximate surface area is 146 Å². The number of nitrogens with one attached hydrogen (secondary N) is 2. The predicted molar refractivity (Wildman–Crippen MR) is 96.2 cm³/mol. The molecule has 0 aliphatic carbocycles. The van der Waals surface area contributed by atoms with E-state index in [4.69, 9.17) is 9.47 Å². The van der Waals surface area contributed by atoms with Crippen LogP contribution >= 0.6 is 0 Å². The van der Waals surface area contributed by atoms with Crippen LogP contribution in [0, 0.1) is 5.92 Å². The molecule has 0 bridgehead atoms. The Hall–Kier alpha value is -1.34. The van der Waals surface area contributed by atoms with E-state index in [2.05, 4.69) is 15.6 Å². The van der Waals surface area contributed by atoms with Crippen molar-refractivity contribution in [2.75, 3.05) is 53.6 Å². The molecule has 0 saturated carbocycles. The van der Waals surface area contributed by atoms with Crippen molar-refractivity contribution < 1.29 is 14.3 Å². The van der Waals surface area contributed by atoms with Gasteiger partial charge in [0.15, 0.2) is 5.96 Å². The van der Waals surface area contributed by atoms with Gasteiger partial charge in [-0.2, -0.15) is 0 Å². The maximum Gasteiger partial charge on any atom is 0.243 e. The van der Waals surface area contributed by atoms with Crippen LogP contribution < -0.4 is 10.6 Å². The fraction of sp³-hybridized carbons (Fsp3) is 0.882. The minimum atomic E-state index is -0.00867. The number of hydrogen-bond donors (Lipinski definition) is 2. The molecule has 1 atom stereocenters. The number of likely N-dealkylation sites (N-methyl/N-ethyl adjacent to an activating group) is 1. The van der Waals surface area contributed by atoms with Gasteiger partial charge in [0.1, 0.15) is 6.54 Å². The van der Waals surface area contributed by atoms with E-state index in [0.717, 1.165) is 52.2 Å². The van der Waals surface area contributed by atoms with E-state index < -0.39 is 0 Å². The first-order valence-corrected chi connectivity index (χ1v) is 8.90. The topological polar surface area (TPSA) is 75.2 Å². The molecule has 1 amide bonds. The van der Waals surface area contributed by atoms with Crippen molar-refractivity contribution in [3.63, 3.8) is 0 Å². The number of rotatable bonds is 10. The highest BCUT2D eigenvalue weighted by Crippen LogP contribution is 2.10. The fourth-order valence-electron chi connectivity index (χ4n) is 2.20. The lowest BCUT2D eigenvalue weighted by Gasteiger charge is -2.16. The van der Waals surface area contributed by atoms with Crippen LogP contribution in [0.25, 0.3) is 0 Å². The minimum absolute atomic E-state index is 0.00867. The number of hydrogen-bond acceptors (Lipinski definition) is 4. The van der Waals surface area contributed by atoms with Gasteiger partial charge in [-0.25, -0.2) is 4.99 Å². The summed E-state index contributed by atoms with van der Waals surface area (Å²) in [7, 11) is 3.48. The first kappa shape index (κ1) is 20.7. The molecule has 1 rings (SSSR count). The number of guanidine groups is 1. The largest absolute Gasteiger partial charge is 0.381 e. The second kappa shape index (κ2) is 12.1. The molecule has 1 aliphatic rings. The smallest absolute Gasteiger partial charge is 0.243 e. The summed E-state index contributed by atoms with van der Waals surface area (Å²) >= 11 is 0. The van der Waals surface area contributed by atoms with E-state index in [1.807, 2.05) is 13.8 Å². The zero-order valence-electron chi connectivity index (χ0n) is 15.6. The summed E-state index contributed by atoms with van der Waals surface area (Å²) in [6, 6.07) is 0. The van der Waals surface area contributed by atoms with E-state index >= 15 is 0 Å². The summed E-state index contributed by atoms with van der Waals surface area (Å²) < 4.78 is 10.9. The van der Waals surface area contributed by atoms with Gasteiger partial charge in [-0.15, -0.1) is 0 Å². The fourth-order valence-corrected chi connectivity index (χ4v) is 2.20. The molecular formula is C17H34N4O3. The average molecular weight is 342 g/mol. The van der Waals surface area contributed by atoms with Crippen molar-refractivity contribution in [2.24, 2.45) is 10.9 Å². The van der Waals surface area contributed by atoms with Crippen molar-refractivity contribution in [3.05, 3.63) is 0 Å². The van der Waals surface area contributed by atoms with Gasteiger partial charge in [-0.05, 0) is 33.1 Å². The zero-order valence-corrected chi connectivity index (χ0v) is 15.6. The number of ether oxygens (including phenoxy) is 2. The second-order valence-corrected chi connectivity index (χ2v) is 6.62. The van der Waals surface area contributed by atoms with Gasteiger partial charge in [0.25, 0.3) is 0 Å². The van der Waals surface area contributed by atoms with Gasteiger partial charge in [0.05, 0.1) is 12.7 Å². The van der Waals surface area contributed by atoms with Gasteiger partial charge >= 0.3 is 0 Å². The quantitative estimate of drug-likeness (QED) is 0.350. The third-order valence-corrected chi connectivity index (χ3v) is 3.77. The molecule has 140 valence electrons. The lowest BCUT2D eigenvalue weighted by atomic mass is 10.1. The molecule has 0 spiro atoms. The van der Waals surface area contributed by atoms with Gasteiger partial charge in [0.2, 0.25) is 5.91 Å². The van der Waals surface area contributed by atoms with Gasteiger partial charge in [-0.1, -0.05) is 0 Å². The van der Waals surface area contributed by atoms with Crippen LogP contribution in [0.15, 0.2) is 4.99 Å². The minimum Gasteiger partial charge on any atom is -0.381 e. The molecule has 2 N–H and O–H groups in total. The molecule has 24 heavy (non-hydrogen) atoms. The second-order valence-electron chi connectivity index (χ2n) is 6.62. The molecule has 0 aromatic heterocycles. The SMILES string of the molecule is CC(C)OCCCCNC(=NCC(=O)N(C)C)NCC1CCOC1. The van der Waals surface area contributed by atoms with Crippen molar-refractivity contribution in [1.29, 1.82) is 0 Å². The van der Waals surface area contributed by atoms with Crippen LogP contribution in [0.5, 0.6) is 0 Å². The summed E-state index contributed by atoms with van der Waals surface area (Å²) in [5.74, 6) is 1.20. The molecule has 0 aromatic carbocycles. The number of carbonyl (C=O) groups is 1. The molecule has 1 heterocycles. The Kier molecular flexibility index (Phi) is 10.4. The molecular weight excluding hydrogens is 308 g/mol. The zero-order chi connectivity index (χ0) is 17.8. The number of nitrogens with zero attached hydrogens (tertiary/aromatic N) is 2. The lowest BCUT2D eigenvalue weighted by molar-refractivity contribution is -0.127. The molecule has 1 unspecified atom stereocenters. The molecule has 1 saturated heterocycles. The van der Waals surface area contributed by atoms with E-state index in [9.17, 15) is 4.79 Å². The van der Waals surface area contributed by atoms with Crippen LogP contribution in [-0.2, 0) is 14.3 Å². The Morgan fingerprint density at radius 2 is 2.12 bits per heavy atom. The molecule has 0 aromatic rings. The first-order valence-electron chi connectivity index (χ1n) is 8.90. The van der Waals surface area contributed by atoms with Gasteiger partial charge in [0, 0.05) is 46.3 Å². The standard InChI is InChI=1S/C17H34N4O3/c1-14(2)24-9-6-5-8-18-17(20-12-16(22)21(3)4)19-11-15-7-10-23-13-15/h14-15H,5-13H2,1-4H3,(H2,18,19,20). The molecule has 7 nitrogen and oxygen atoms in total. The lowest BCUT2D eigenvalue weighted by Crippen LogP contribution is -2.41. The van der Waals surface area contributed by atoms with Crippen molar-refractivity contribution in [2.45, 2.75) is 39.2 Å². The summed E-state index contributed by atoms with van der Waals surface area (Å²) in [4.78, 5) is 17.6. The van der Waals surface area contributed by atoms with Crippen LogP contribution in [0.2, 0.25) is 0 Å². The number of aliphatic imine (C=N–C) groups is 1. The van der Waals surface area contributed by atoms with Gasteiger partial charge in [-0.3, -0.25) is 4.79 Å². The van der Waals surface area contributed by atoms with Crippen LogP contribution in [0.4, 0.5) is 0 Å². The average Bonchev–Trinajstić information content (AvgIpc) is 3.05. The molecule has 7 heteroatoms. The van der Waals surface area contributed by atoms with Crippen LogP contribution in [-0.4, -0.2) is 76.4 Å². The monoisotopic (exact) mass is 342 g/mol. The Bertz CT molecular complexity index is 380. The highest BCUT2D eigenvalue weighted by molar-refractivity contribution is 5.84. The third-order valence-electron chi connectivity index (χ3n) is 3.77. The van der Waals surface area contributed by atoms with E-state index in [0.29, 0.717) is 11.9 Å². The normalized spacial score (nSPS) is 18.0.